The first-order valence-corrected chi connectivity index (χ1v) is 7.85. The van der Waals surface area contributed by atoms with Crippen LogP contribution in [0.1, 0.15) is 16.8 Å². The van der Waals surface area contributed by atoms with Gasteiger partial charge in [-0.15, -0.1) is 0 Å². The number of hydrogen-bond donors (Lipinski definition) is 2. The molecular weight excluding hydrogens is 274 g/mol. The number of hydrogen-bond acceptors (Lipinski definition) is 4. The highest BCUT2D eigenvalue weighted by atomic mass is 32.2. The third kappa shape index (κ3) is 3.79. The lowest BCUT2D eigenvalue weighted by Gasteiger charge is -2.10. The number of nitrogens with one attached hydrogen (secondary N) is 1. The number of sulfonamides is 1. The van der Waals surface area contributed by atoms with Crippen LogP contribution in [0.2, 0.25) is 0 Å². The van der Waals surface area contributed by atoms with Gasteiger partial charge in [0.15, 0.2) is 0 Å². The van der Waals surface area contributed by atoms with Crippen molar-refractivity contribution < 1.29 is 8.42 Å². The molecule has 1 aromatic carbocycles. The highest BCUT2D eigenvalue weighted by Crippen LogP contribution is 2.15. The van der Waals surface area contributed by atoms with E-state index in [1.165, 1.54) is 6.20 Å². The first-order chi connectivity index (χ1) is 9.50. The molecule has 0 unspecified atom stereocenters. The average molecular weight is 291 g/mol. The number of benzene rings is 1. The molecular formula is C14H17N3O2S. The second-order valence-corrected chi connectivity index (χ2v) is 6.24. The molecule has 6 heteroatoms. The minimum atomic E-state index is -3.48. The van der Waals surface area contributed by atoms with Gasteiger partial charge in [-0.1, -0.05) is 24.3 Å². The standard InChI is InChI=1S/C14H17N3O2S/c1-11-6-7-14(9-16-11)17-20(18,19)10-13-5-3-2-4-12(13)8-15/h2-7,9,17H,8,10,15H2,1H3. The van der Waals surface area contributed by atoms with Gasteiger partial charge < -0.3 is 5.73 Å². The van der Waals surface area contributed by atoms with Gasteiger partial charge in [0, 0.05) is 12.2 Å². The molecule has 0 bridgehead atoms. The van der Waals surface area contributed by atoms with Crippen LogP contribution in [0.4, 0.5) is 5.69 Å². The highest BCUT2D eigenvalue weighted by Gasteiger charge is 2.14. The minimum absolute atomic E-state index is 0.103. The number of aryl methyl sites for hydroxylation is 1. The molecule has 1 aromatic heterocycles. The second kappa shape index (κ2) is 6.02. The van der Waals surface area contributed by atoms with E-state index in [4.69, 9.17) is 5.73 Å². The molecule has 2 aromatic rings. The van der Waals surface area contributed by atoms with Gasteiger partial charge in [0.25, 0.3) is 0 Å². The summed E-state index contributed by atoms with van der Waals surface area (Å²) in [5.41, 5.74) is 8.45. The number of nitrogens with two attached hydrogens (primary N) is 1. The maximum atomic E-state index is 12.1. The summed E-state index contributed by atoms with van der Waals surface area (Å²) in [6, 6.07) is 10.7. The van der Waals surface area contributed by atoms with E-state index in [-0.39, 0.29) is 5.75 Å². The topological polar surface area (TPSA) is 85.1 Å². The van der Waals surface area contributed by atoms with Gasteiger partial charge in [-0.2, -0.15) is 0 Å². The normalized spacial score (nSPS) is 11.3. The van der Waals surface area contributed by atoms with E-state index in [0.29, 0.717) is 17.8 Å². The van der Waals surface area contributed by atoms with E-state index in [1.54, 1.807) is 24.3 Å². The lowest BCUT2D eigenvalue weighted by Crippen LogP contribution is -2.16. The van der Waals surface area contributed by atoms with Gasteiger partial charge >= 0.3 is 0 Å². The van der Waals surface area contributed by atoms with Gasteiger partial charge in [0.1, 0.15) is 0 Å². The van der Waals surface area contributed by atoms with E-state index in [1.807, 2.05) is 19.1 Å². The molecule has 0 saturated carbocycles. The Morgan fingerprint density at radius 3 is 2.45 bits per heavy atom. The summed E-state index contributed by atoms with van der Waals surface area (Å²) in [5, 5.41) is 0. The van der Waals surface area contributed by atoms with Crippen molar-refractivity contribution in [3.8, 4) is 0 Å². The van der Waals surface area contributed by atoms with Crippen LogP contribution in [0, 0.1) is 6.92 Å². The molecule has 0 amide bonds. The van der Waals surface area contributed by atoms with E-state index in [0.717, 1.165) is 11.3 Å². The summed E-state index contributed by atoms with van der Waals surface area (Å²) in [4.78, 5) is 4.06. The third-order valence-electron chi connectivity index (χ3n) is 2.87. The Kier molecular flexibility index (Phi) is 4.36. The molecule has 0 fully saturated rings. The number of aromatic nitrogens is 1. The van der Waals surface area contributed by atoms with Crippen molar-refractivity contribution in [2.75, 3.05) is 4.72 Å². The number of anilines is 1. The Bertz CT molecular complexity index is 682. The predicted molar refractivity (Wildman–Crippen MR) is 79.6 cm³/mol. The summed E-state index contributed by atoms with van der Waals surface area (Å²) < 4.78 is 26.8. The lowest BCUT2D eigenvalue weighted by molar-refractivity contribution is 0.600. The number of nitrogens with zero attached hydrogens (tertiary/aromatic N) is 1. The van der Waals surface area contributed by atoms with Crippen LogP contribution in [0.15, 0.2) is 42.6 Å². The molecule has 2 rings (SSSR count). The zero-order valence-electron chi connectivity index (χ0n) is 11.2. The number of pyridine rings is 1. The zero-order chi connectivity index (χ0) is 14.6. The third-order valence-corrected chi connectivity index (χ3v) is 4.11. The van der Waals surface area contributed by atoms with Crippen molar-refractivity contribution in [2.45, 2.75) is 19.2 Å². The van der Waals surface area contributed by atoms with Crippen LogP contribution in [-0.2, 0) is 22.3 Å². The molecule has 0 saturated heterocycles. The Morgan fingerprint density at radius 2 is 1.85 bits per heavy atom. The maximum absolute atomic E-state index is 12.1. The SMILES string of the molecule is Cc1ccc(NS(=O)(=O)Cc2ccccc2CN)cn1. The summed E-state index contributed by atoms with van der Waals surface area (Å²) in [7, 11) is -3.48. The Morgan fingerprint density at radius 1 is 1.15 bits per heavy atom. The Hall–Kier alpha value is -1.92. The largest absolute Gasteiger partial charge is 0.326 e. The van der Waals surface area contributed by atoms with Crippen LogP contribution in [0.5, 0.6) is 0 Å². The zero-order valence-corrected chi connectivity index (χ0v) is 12.0. The second-order valence-electron chi connectivity index (χ2n) is 4.52. The fraction of sp³-hybridized carbons (Fsp3) is 0.214. The molecule has 5 nitrogen and oxygen atoms in total. The Labute approximate surface area is 118 Å². The predicted octanol–water partition coefficient (Wildman–Crippen LogP) is 1.79. The summed E-state index contributed by atoms with van der Waals surface area (Å²) in [5.74, 6) is -0.103. The molecule has 0 atom stereocenters. The van der Waals surface area contributed by atoms with Gasteiger partial charge in [-0.3, -0.25) is 9.71 Å². The van der Waals surface area contributed by atoms with E-state index >= 15 is 0 Å². The smallest absolute Gasteiger partial charge is 0.236 e. The first-order valence-electron chi connectivity index (χ1n) is 6.20. The van der Waals surface area contributed by atoms with Crippen molar-refractivity contribution in [2.24, 2.45) is 5.73 Å². The van der Waals surface area contributed by atoms with E-state index in [2.05, 4.69) is 9.71 Å². The average Bonchev–Trinajstić information content (AvgIpc) is 2.41. The quantitative estimate of drug-likeness (QED) is 0.879. The molecule has 0 aliphatic carbocycles. The first kappa shape index (κ1) is 14.5. The molecule has 0 radical (unpaired) electrons. The fourth-order valence-electron chi connectivity index (χ4n) is 1.85. The molecule has 0 spiro atoms. The molecule has 1 heterocycles. The molecule has 20 heavy (non-hydrogen) atoms. The summed E-state index contributed by atoms with van der Waals surface area (Å²) in [6.07, 6.45) is 1.50. The lowest BCUT2D eigenvalue weighted by atomic mass is 10.1. The van der Waals surface area contributed by atoms with Crippen LogP contribution in [-0.4, -0.2) is 13.4 Å². The van der Waals surface area contributed by atoms with Gasteiger partial charge in [-0.05, 0) is 30.2 Å². The molecule has 0 aliphatic heterocycles. The summed E-state index contributed by atoms with van der Waals surface area (Å²) >= 11 is 0. The van der Waals surface area contributed by atoms with E-state index in [9.17, 15) is 8.42 Å². The minimum Gasteiger partial charge on any atom is -0.326 e. The Balaban J connectivity index is 2.17. The van der Waals surface area contributed by atoms with Crippen LogP contribution in [0.3, 0.4) is 0 Å². The van der Waals surface area contributed by atoms with Crippen molar-refractivity contribution in [1.82, 2.24) is 4.98 Å². The van der Waals surface area contributed by atoms with Crippen molar-refractivity contribution in [3.63, 3.8) is 0 Å². The van der Waals surface area contributed by atoms with Gasteiger partial charge in [0.05, 0.1) is 17.6 Å². The van der Waals surface area contributed by atoms with Crippen molar-refractivity contribution in [3.05, 3.63) is 59.4 Å². The monoisotopic (exact) mass is 291 g/mol. The number of rotatable bonds is 5. The molecule has 106 valence electrons. The van der Waals surface area contributed by atoms with Crippen molar-refractivity contribution >= 4 is 15.7 Å². The van der Waals surface area contributed by atoms with Crippen LogP contribution >= 0.6 is 0 Å². The van der Waals surface area contributed by atoms with E-state index < -0.39 is 10.0 Å². The molecule has 3 N–H and O–H groups in total. The summed E-state index contributed by atoms with van der Waals surface area (Å²) in [6.45, 7) is 2.16. The maximum Gasteiger partial charge on any atom is 0.236 e. The highest BCUT2D eigenvalue weighted by molar-refractivity contribution is 7.91. The van der Waals surface area contributed by atoms with Gasteiger partial charge in [0.2, 0.25) is 10.0 Å². The van der Waals surface area contributed by atoms with Gasteiger partial charge in [-0.25, -0.2) is 8.42 Å². The fourth-order valence-corrected chi connectivity index (χ4v) is 3.09. The van der Waals surface area contributed by atoms with Crippen molar-refractivity contribution in [1.29, 1.82) is 0 Å². The van der Waals surface area contributed by atoms with Crippen LogP contribution < -0.4 is 10.5 Å². The van der Waals surface area contributed by atoms with Crippen LogP contribution in [0.25, 0.3) is 0 Å². The molecule has 0 aliphatic rings.